The number of carbonyl (C=O) groups is 1. The van der Waals surface area contributed by atoms with Crippen LogP contribution < -0.4 is 5.32 Å². The van der Waals surface area contributed by atoms with E-state index < -0.39 is 0 Å². The molecule has 0 atom stereocenters. The third kappa shape index (κ3) is 3.37. The van der Waals surface area contributed by atoms with Gasteiger partial charge in [0.2, 0.25) is 0 Å². The van der Waals surface area contributed by atoms with Crippen molar-refractivity contribution in [1.82, 2.24) is 14.9 Å². The monoisotopic (exact) mass is 327 g/mol. The number of rotatable bonds is 4. The number of nitrogens with one attached hydrogen (secondary N) is 1. The number of fused-ring (bicyclic) bond motifs is 1. The molecule has 118 valence electrons. The minimum Gasteiger partial charge on any atom is -0.350 e. The van der Waals surface area contributed by atoms with Crippen molar-refractivity contribution in [2.45, 2.75) is 19.3 Å². The van der Waals surface area contributed by atoms with Gasteiger partial charge in [-0.2, -0.15) is 5.10 Å². The standard InChI is InChI=1S/C18H18ClN3O/c1-18(2,13-6-4-3-5-7-13)12-20-17(23)16-10-15-9-8-14(19)11-22(15)21-16/h3-11H,12H2,1-2H3,(H,20,23). The third-order valence-electron chi connectivity index (χ3n) is 3.90. The van der Waals surface area contributed by atoms with Crippen LogP contribution in [0.4, 0.5) is 0 Å². The summed E-state index contributed by atoms with van der Waals surface area (Å²) in [6.07, 6.45) is 1.68. The molecule has 0 bridgehead atoms. The molecule has 2 heterocycles. The Kier molecular flexibility index (Phi) is 4.09. The highest BCUT2D eigenvalue weighted by molar-refractivity contribution is 6.30. The lowest BCUT2D eigenvalue weighted by Gasteiger charge is -2.25. The highest BCUT2D eigenvalue weighted by Gasteiger charge is 2.22. The van der Waals surface area contributed by atoms with Gasteiger partial charge in [-0.25, -0.2) is 4.52 Å². The van der Waals surface area contributed by atoms with Gasteiger partial charge in [0.25, 0.3) is 5.91 Å². The molecule has 3 aromatic rings. The Hall–Kier alpha value is -2.33. The zero-order chi connectivity index (χ0) is 16.4. The van der Waals surface area contributed by atoms with Crippen molar-refractivity contribution >= 4 is 23.0 Å². The predicted octanol–water partition coefficient (Wildman–Crippen LogP) is 3.70. The van der Waals surface area contributed by atoms with E-state index >= 15 is 0 Å². The summed E-state index contributed by atoms with van der Waals surface area (Å²) in [5.74, 6) is -0.186. The minimum absolute atomic E-state index is 0.153. The first-order valence-corrected chi connectivity index (χ1v) is 7.82. The van der Waals surface area contributed by atoms with Crippen molar-refractivity contribution in [3.05, 3.63) is 71.0 Å². The molecule has 0 aliphatic carbocycles. The second-order valence-corrected chi connectivity index (χ2v) is 6.62. The van der Waals surface area contributed by atoms with E-state index in [4.69, 9.17) is 11.6 Å². The first-order valence-electron chi connectivity index (χ1n) is 7.44. The topological polar surface area (TPSA) is 46.4 Å². The molecule has 23 heavy (non-hydrogen) atoms. The van der Waals surface area contributed by atoms with Crippen LogP contribution in [0.2, 0.25) is 5.02 Å². The SMILES string of the molecule is CC(C)(CNC(=O)c1cc2ccc(Cl)cn2n1)c1ccccc1. The average Bonchev–Trinajstić information content (AvgIpc) is 2.96. The maximum atomic E-state index is 12.4. The van der Waals surface area contributed by atoms with Crippen LogP contribution in [0.25, 0.3) is 5.52 Å². The summed E-state index contributed by atoms with van der Waals surface area (Å²) in [5.41, 5.74) is 2.25. The van der Waals surface area contributed by atoms with Gasteiger partial charge in [0.15, 0.2) is 5.69 Å². The second kappa shape index (κ2) is 6.05. The average molecular weight is 328 g/mol. The molecule has 1 aromatic carbocycles. The smallest absolute Gasteiger partial charge is 0.271 e. The van der Waals surface area contributed by atoms with Crippen LogP contribution in [0.15, 0.2) is 54.7 Å². The van der Waals surface area contributed by atoms with Crippen molar-refractivity contribution in [2.24, 2.45) is 0 Å². The molecule has 3 rings (SSSR count). The first kappa shape index (κ1) is 15.6. The molecular formula is C18H18ClN3O. The summed E-state index contributed by atoms with van der Waals surface area (Å²) >= 11 is 5.93. The summed E-state index contributed by atoms with van der Waals surface area (Å²) in [6, 6.07) is 15.5. The summed E-state index contributed by atoms with van der Waals surface area (Å²) < 4.78 is 1.61. The number of benzene rings is 1. The number of pyridine rings is 1. The molecule has 0 fully saturated rings. The van der Waals surface area contributed by atoms with Crippen molar-refractivity contribution in [2.75, 3.05) is 6.54 Å². The van der Waals surface area contributed by atoms with Gasteiger partial charge in [-0.1, -0.05) is 55.8 Å². The predicted molar refractivity (Wildman–Crippen MR) is 92.0 cm³/mol. The normalized spacial score (nSPS) is 11.6. The van der Waals surface area contributed by atoms with Crippen LogP contribution in [0.1, 0.15) is 29.9 Å². The van der Waals surface area contributed by atoms with Gasteiger partial charge < -0.3 is 5.32 Å². The number of amides is 1. The second-order valence-electron chi connectivity index (χ2n) is 6.18. The van der Waals surface area contributed by atoms with Gasteiger partial charge in [0, 0.05) is 18.2 Å². The van der Waals surface area contributed by atoms with Gasteiger partial charge >= 0.3 is 0 Å². The van der Waals surface area contributed by atoms with Gasteiger partial charge in [0.1, 0.15) is 0 Å². The number of carbonyl (C=O) groups excluding carboxylic acids is 1. The zero-order valence-electron chi connectivity index (χ0n) is 13.1. The fraction of sp³-hybridized carbons (Fsp3) is 0.222. The van der Waals surface area contributed by atoms with E-state index in [0.717, 1.165) is 5.52 Å². The summed E-state index contributed by atoms with van der Waals surface area (Å²) in [5, 5.41) is 7.81. The van der Waals surface area contributed by atoms with E-state index in [1.807, 2.05) is 24.3 Å². The highest BCUT2D eigenvalue weighted by atomic mass is 35.5. The maximum Gasteiger partial charge on any atom is 0.271 e. The van der Waals surface area contributed by atoms with E-state index in [-0.39, 0.29) is 11.3 Å². The van der Waals surface area contributed by atoms with Crippen molar-refractivity contribution in [3.63, 3.8) is 0 Å². The van der Waals surface area contributed by atoms with Crippen molar-refractivity contribution in [1.29, 1.82) is 0 Å². The van der Waals surface area contributed by atoms with Gasteiger partial charge in [-0.05, 0) is 23.8 Å². The fourth-order valence-corrected chi connectivity index (χ4v) is 2.61. The Morgan fingerprint density at radius 2 is 1.96 bits per heavy atom. The molecular weight excluding hydrogens is 310 g/mol. The molecule has 0 spiro atoms. The number of halogens is 1. The van der Waals surface area contributed by atoms with Crippen LogP contribution in [0, 0.1) is 0 Å². The fourth-order valence-electron chi connectivity index (χ4n) is 2.46. The third-order valence-corrected chi connectivity index (χ3v) is 4.13. The lowest BCUT2D eigenvalue weighted by atomic mass is 9.84. The molecule has 4 nitrogen and oxygen atoms in total. The summed E-state index contributed by atoms with van der Waals surface area (Å²) in [7, 11) is 0. The molecule has 0 radical (unpaired) electrons. The summed E-state index contributed by atoms with van der Waals surface area (Å²) in [6.45, 7) is 4.74. The van der Waals surface area contributed by atoms with Gasteiger partial charge in [-0.15, -0.1) is 0 Å². The zero-order valence-corrected chi connectivity index (χ0v) is 13.8. The highest BCUT2D eigenvalue weighted by Crippen LogP contribution is 2.22. The largest absolute Gasteiger partial charge is 0.350 e. The Labute approximate surface area is 140 Å². The minimum atomic E-state index is -0.186. The summed E-state index contributed by atoms with van der Waals surface area (Å²) in [4.78, 5) is 12.4. The first-order chi connectivity index (χ1) is 11.0. The van der Waals surface area contributed by atoms with Crippen LogP contribution in [0.5, 0.6) is 0 Å². The molecule has 5 heteroatoms. The van der Waals surface area contributed by atoms with Crippen LogP contribution in [0.3, 0.4) is 0 Å². The lowest BCUT2D eigenvalue weighted by molar-refractivity contribution is 0.0940. The molecule has 0 saturated carbocycles. The van der Waals surface area contributed by atoms with E-state index in [9.17, 15) is 4.79 Å². The molecule has 2 aromatic heterocycles. The lowest BCUT2D eigenvalue weighted by Crippen LogP contribution is -2.36. The Morgan fingerprint density at radius 3 is 2.70 bits per heavy atom. The molecule has 0 saturated heterocycles. The Balaban J connectivity index is 1.73. The number of hydrogen-bond donors (Lipinski definition) is 1. The number of hydrogen-bond acceptors (Lipinski definition) is 2. The molecule has 0 aliphatic heterocycles. The molecule has 1 amide bonds. The van der Waals surface area contributed by atoms with Crippen LogP contribution >= 0.6 is 11.6 Å². The van der Waals surface area contributed by atoms with E-state index in [1.54, 1.807) is 22.8 Å². The maximum absolute atomic E-state index is 12.4. The van der Waals surface area contributed by atoms with Crippen molar-refractivity contribution in [3.8, 4) is 0 Å². The van der Waals surface area contributed by atoms with E-state index in [1.165, 1.54) is 5.56 Å². The van der Waals surface area contributed by atoms with E-state index in [2.05, 4.69) is 36.4 Å². The Bertz CT molecular complexity index is 840. The quantitative estimate of drug-likeness (QED) is 0.794. The van der Waals surface area contributed by atoms with Crippen LogP contribution in [-0.2, 0) is 5.41 Å². The number of nitrogens with zero attached hydrogens (tertiary/aromatic N) is 2. The van der Waals surface area contributed by atoms with E-state index in [0.29, 0.717) is 17.3 Å². The molecule has 0 unspecified atom stereocenters. The van der Waals surface area contributed by atoms with Gasteiger partial charge in [0.05, 0.1) is 10.5 Å². The van der Waals surface area contributed by atoms with Gasteiger partial charge in [-0.3, -0.25) is 4.79 Å². The van der Waals surface area contributed by atoms with Crippen LogP contribution in [-0.4, -0.2) is 22.1 Å². The Morgan fingerprint density at radius 1 is 1.22 bits per heavy atom. The molecule has 1 N–H and O–H groups in total. The number of aromatic nitrogens is 2. The van der Waals surface area contributed by atoms with Crippen molar-refractivity contribution < 1.29 is 4.79 Å². The molecule has 0 aliphatic rings.